The van der Waals surface area contributed by atoms with E-state index in [2.05, 4.69) is 44.4 Å². The molecule has 1 aromatic carbocycles. The van der Waals surface area contributed by atoms with Crippen LogP contribution in [0.25, 0.3) is 0 Å². The molecule has 2 heteroatoms. The lowest BCUT2D eigenvalue weighted by molar-refractivity contribution is 0.238. The van der Waals surface area contributed by atoms with Gasteiger partial charge in [-0.3, -0.25) is 0 Å². The van der Waals surface area contributed by atoms with E-state index >= 15 is 0 Å². The van der Waals surface area contributed by atoms with E-state index < -0.39 is 0 Å². The molecule has 0 bridgehead atoms. The molecule has 2 nitrogen and oxygen atoms in total. The molecule has 106 valence electrons. The van der Waals surface area contributed by atoms with Gasteiger partial charge < -0.3 is 10.1 Å². The Kier molecular flexibility index (Phi) is 4.87. The van der Waals surface area contributed by atoms with Crippen molar-refractivity contribution in [2.45, 2.75) is 45.6 Å². The Balaban J connectivity index is 2.15. The largest absolute Gasteiger partial charge is 0.496 e. The van der Waals surface area contributed by atoms with Gasteiger partial charge in [0.05, 0.1) is 7.11 Å². The molecule has 0 saturated heterocycles. The molecule has 0 radical (unpaired) electrons. The average Bonchev–Trinajstić information content (AvgIpc) is 2.42. The third kappa shape index (κ3) is 3.30. The van der Waals surface area contributed by atoms with Crippen molar-refractivity contribution < 1.29 is 4.74 Å². The van der Waals surface area contributed by atoms with Crippen LogP contribution in [0.15, 0.2) is 18.2 Å². The Hall–Kier alpha value is -1.02. The summed E-state index contributed by atoms with van der Waals surface area (Å²) in [4.78, 5) is 0. The van der Waals surface area contributed by atoms with Gasteiger partial charge in [0.15, 0.2) is 0 Å². The summed E-state index contributed by atoms with van der Waals surface area (Å²) in [6.07, 6.45) is 5.44. The maximum atomic E-state index is 5.35. The first kappa shape index (κ1) is 14.4. The van der Waals surface area contributed by atoms with Gasteiger partial charge in [0.25, 0.3) is 0 Å². The predicted octanol–water partition coefficient (Wildman–Crippen LogP) is 4.09. The van der Waals surface area contributed by atoms with Gasteiger partial charge in [-0.05, 0) is 55.8 Å². The molecule has 1 N–H and O–H groups in total. The highest BCUT2D eigenvalue weighted by molar-refractivity contribution is 5.37. The smallest absolute Gasteiger partial charge is 0.121 e. The van der Waals surface area contributed by atoms with E-state index in [1.807, 2.05) is 0 Å². The number of benzene rings is 1. The van der Waals surface area contributed by atoms with Crippen molar-refractivity contribution in [2.75, 3.05) is 14.2 Å². The lowest BCUT2D eigenvalue weighted by atomic mass is 9.77. The van der Waals surface area contributed by atoms with Gasteiger partial charge in [0.2, 0.25) is 0 Å². The number of ether oxygens (including phenoxy) is 1. The topological polar surface area (TPSA) is 21.3 Å². The van der Waals surface area contributed by atoms with Gasteiger partial charge in [0.1, 0.15) is 5.75 Å². The Morgan fingerprint density at radius 1 is 1.21 bits per heavy atom. The standard InChI is InChI=1S/C17H27NO/c1-12-5-7-14(8-6-12)17(18-3)15-9-10-16(19-4)13(2)11-15/h9-12,14,17-18H,5-8H2,1-4H3. The van der Waals surface area contributed by atoms with Crippen molar-refractivity contribution in [2.24, 2.45) is 11.8 Å². The van der Waals surface area contributed by atoms with Gasteiger partial charge in [-0.15, -0.1) is 0 Å². The van der Waals surface area contributed by atoms with Crippen molar-refractivity contribution in [3.8, 4) is 5.75 Å². The first-order valence-corrected chi connectivity index (χ1v) is 7.47. The summed E-state index contributed by atoms with van der Waals surface area (Å²) in [6.45, 7) is 4.50. The van der Waals surface area contributed by atoms with Crippen LogP contribution in [0, 0.1) is 18.8 Å². The third-order valence-electron chi connectivity index (χ3n) is 4.62. The second kappa shape index (κ2) is 6.42. The minimum atomic E-state index is 0.483. The maximum absolute atomic E-state index is 5.35. The van der Waals surface area contributed by atoms with E-state index in [0.29, 0.717) is 6.04 Å². The van der Waals surface area contributed by atoms with Crippen molar-refractivity contribution in [3.63, 3.8) is 0 Å². The number of hydrogen-bond acceptors (Lipinski definition) is 2. The van der Waals surface area contributed by atoms with Crippen LogP contribution in [0.5, 0.6) is 5.75 Å². The zero-order valence-corrected chi connectivity index (χ0v) is 12.7. The van der Waals surface area contributed by atoms with Gasteiger partial charge in [-0.25, -0.2) is 0 Å². The molecule has 0 heterocycles. The highest BCUT2D eigenvalue weighted by Crippen LogP contribution is 2.37. The van der Waals surface area contributed by atoms with E-state index in [0.717, 1.165) is 17.6 Å². The van der Waals surface area contributed by atoms with Crippen LogP contribution in [-0.4, -0.2) is 14.2 Å². The van der Waals surface area contributed by atoms with Crippen LogP contribution in [0.4, 0.5) is 0 Å². The first-order valence-electron chi connectivity index (χ1n) is 7.47. The van der Waals surface area contributed by atoms with E-state index in [1.165, 1.54) is 36.8 Å². The Bertz CT molecular complexity index is 408. The lowest BCUT2D eigenvalue weighted by Crippen LogP contribution is -2.28. The summed E-state index contributed by atoms with van der Waals surface area (Å²) in [5.74, 6) is 2.66. The number of hydrogen-bond donors (Lipinski definition) is 1. The molecule has 1 aromatic rings. The molecule has 1 atom stereocenters. The monoisotopic (exact) mass is 261 g/mol. The number of methoxy groups -OCH3 is 1. The molecule has 1 aliphatic rings. The SMILES string of the molecule is CNC(c1ccc(OC)c(C)c1)C1CCC(C)CC1. The van der Waals surface area contributed by atoms with E-state index in [1.54, 1.807) is 7.11 Å². The zero-order valence-electron chi connectivity index (χ0n) is 12.7. The average molecular weight is 261 g/mol. The van der Waals surface area contributed by atoms with Gasteiger partial charge in [0, 0.05) is 6.04 Å². The fourth-order valence-corrected chi connectivity index (χ4v) is 3.39. The second-order valence-corrected chi connectivity index (χ2v) is 6.02. The van der Waals surface area contributed by atoms with Crippen molar-refractivity contribution >= 4 is 0 Å². The van der Waals surface area contributed by atoms with Gasteiger partial charge in [-0.1, -0.05) is 31.9 Å². The summed E-state index contributed by atoms with van der Waals surface area (Å²) < 4.78 is 5.35. The van der Waals surface area contributed by atoms with E-state index in [4.69, 9.17) is 4.74 Å². The fourth-order valence-electron chi connectivity index (χ4n) is 3.39. The van der Waals surface area contributed by atoms with Crippen LogP contribution in [0.3, 0.4) is 0 Å². The molecule has 1 saturated carbocycles. The van der Waals surface area contributed by atoms with Crippen LogP contribution in [0.2, 0.25) is 0 Å². The third-order valence-corrected chi connectivity index (χ3v) is 4.62. The van der Waals surface area contributed by atoms with Crippen LogP contribution in [-0.2, 0) is 0 Å². The summed E-state index contributed by atoms with van der Waals surface area (Å²) >= 11 is 0. The molecular weight excluding hydrogens is 234 g/mol. The summed E-state index contributed by atoms with van der Waals surface area (Å²) in [5.41, 5.74) is 2.63. The molecular formula is C17H27NO. The molecule has 1 aliphatic carbocycles. The summed E-state index contributed by atoms with van der Waals surface area (Å²) in [7, 11) is 3.82. The molecule has 0 aliphatic heterocycles. The number of rotatable bonds is 4. The Morgan fingerprint density at radius 3 is 2.42 bits per heavy atom. The summed E-state index contributed by atoms with van der Waals surface area (Å²) in [5, 5.41) is 3.53. The predicted molar refractivity (Wildman–Crippen MR) is 80.7 cm³/mol. The summed E-state index contributed by atoms with van der Waals surface area (Å²) in [6, 6.07) is 7.07. The quantitative estimate of drug-likeness (QED) is 0.881. The molecule has 1 unspecified atom stereocenters. The minimum Gasteiger partial charge on any atom is -0.496 e. The Morgan fingerprint density at radius 2 is 1.89 bits per heavy atom. The molecule has 2 rings (SSSR count). The number of nitrogens with one attached hydrogen (secondary N) is 1. The molecule has 0 amide bonds. The number of aryl methyl sites for hydroxylation is 1. The van der Waals surface area contributed by atoms with E-state index in [9.17, 15) is 0 Å². The van der Waals surface area contributed by atoms with Crippen LogP contribution in [0.1, 0.15) is 49.8 Å². The second-order valence-electron chi connectivity index (χ2n) is 6.02. The minimum absolute atomic E-state index is 0.483. The zero-order chi connectivity index (χ0) is 13.8. The molecule has 0 spiro atoms. The van der Waals surface area contributed by atoms with Crippen LogP contribution >= 0.6 is 0 Å². The maximum Gasteiger partial charge on any atom is 0.121 e. The first-order chi connectivity index (χ1) is 9.15. The normalized spacial score (nSPS) is 25.1. The van der Waals surface area contributed by atoms with Crippen molar-refractivity contribution in [3.05, 3.63) is 29.3 Å². The molecule has 19 heavy (non-hydrogen) atoms. The Labute approximate surface area is 117 Å². The highest BCUT2D eigenvalue weighted by atomic mass is 16.5. The van der Waals surface area contributed by atoms with E-state index in [-0.39, 0.29) is 0 Å². The lowest BCUT2D eigenvalue weighted by Gasteiger charge is -2.33. The van der Waals surface area contributed by atoms with Crippen LogP contribution < -0.4 is 10.1 Å². The highest BCUT2D eigenvalue weighted by Gasteiger charge is 2.26. The van der Waals surface area contributed by atoms with Gasteiger partial charge >= 0.3 is 0 Å². The van der Waals surface area contributed by atoms with Crippen molar-refractivity contribution in [1.82, 2.24) is 5.32 Å². The fraction of sp³-hybridized carbons (Fsp3) is 0.647. The molecule has 1 fully saturated rings. The molecule has 0 aromatic heterocycles. The van der Waals surface area contributed by atoms with Crippen molar-refractivity contribution in [1.29, 1.82) is 0 Å². The van der Waals surface area contributed by atoms with Gasteiger partial charge in [-0.2, -0.15) is 0 Å².